The number of halogens is 3. The van der Waals surface area contributed by atoms with Crippen molar-refractivity contribution in [1.82, 2.24) is 0 Å². The molecule has 0 unspecified atom stereocenters. The zero-order valence-corrected chi connectivity index (χ0v) is 21.7. The summed E-state index contributed by atoms with van der Waals surface area (Å²) in [5, 5.41) is 11.0. The number of hydrogen-bond acceptors (Lipinski definition) is 8. The van der Waals surface area contributed by atoms with Crippen molar-refractivity contribution < 1.29 is 32.3 Å². The first-order valence-corrected chi connectivity index (χ1v) is 12.4. The molecule has 6 N–H and O–H groups in total. The number of carbonyl (C=O) groups is 3. The Morgan fingerprint density at radius 3 is 2.47 bits per heavy atom. The Balaban J connectivity index is 2.04. The molecule has 0 bridgehead atoms. The van der Waals surface area contributed by atoms with Gasteiger partial charge in [0.1, 0.15) is 11.8 Å². The molecular formula is C26H34F3N5O4. The summed E-state index contributed by atoms with van der Waals surface area (Å²) < 4.78 is 46.0. The van der Waals surface area contributed by atoms with Gasteiger partial charge in [0.25, 0.3) is 5.91 Å². The van der Waals surface area contributed by atoms with E-state index in [0.29, 0.717) is 24.2 Å². The van der Waals surface area contributed by atoms with Crippen LogP contribution < -0.4 is 21.7 Å². The number of rotatable bonds is 8. The lowest BCUT2D eigenvalue weighted by Crippen LogP contribution is -2.41. The predicted octanol–water partition coefficient (Wildman–Crippen LogP) is 3.67. The smallest absolute Gasteiger partial charge is 0.433 e. The first kappa shape index (κ1) is 29.2. The van der Waals surface area contributed by atoms with Crippen LogP contribution in [0.4, 0.5) is 24.5 Å². The maximum absolute atomic E-state index is 13.5. The van der Waals surface area contributed by atoms with Gasteiger partial charge < -0.3 is 26.4 Å². The molecular weight excluding hydrogens is 503 g/mol. The van der Waals surface area contributed by atoms with E-state index in [-0.39, 0.29) is 36.7 Å². The second-order valence-corrected chi connectivity index (χ2v) is 10.6. The standard InChI is InChI=1S/C26H34F3N5O4/c1-25(2)11-18(22(19(35)12-25)23(31)26(27,28)29)34(3)14-8-9-15(24(32)37)17(10-14)33-16-6-4-5-7-20(16)38-21(36)13-30/h8-10,16,20,31,33H,4-7,11-13,30H2,1-3H3,(H2,32,37)/t16-,20-/m0/s1. The van der Waals surface area contributed by atoms with Crippen molar-refractivity contribution in [3.8, 4) is 0 Å². The van der Waals surface area contributed by atoms with Crippen molar-refractivity contribution in [1.29, 1.82) is 5.41 Å². The minimum Gasteiger partial charge on any atom is -0.459 e. The largest absolute Gasteiger partial charge is 0.459 e. The summed E-state index contributed by atoms with van der Waals surface area (Å²) in [4.78, 5) is 38.3. The molecule has 9 nitrogen and oxygen atoms in total. The molecule has 208 valence electrons. The van der Waals surface area contributed by atoms with E-state index in [4.69, 9.17) is 21.6 Å². The number of benzene rings is 1. The summed E-state index contributed by atoms with van der Waals surface area (Å²) in [7, 11) is 1.52. The molecule has 1 saturated carbocycles. The summed E-state index contributed by atoms with van der Waals surface area (Å²) in [6, 6.07) is 4.18. The zero-order chi connectivity index (χ0) is 28.4. The third-order valence-corrected chi connectivity index (χ3v) is 6.94. The van der Waals surface area contributed by atoms with E-state index >= 15 is 0 Å². The molecule has 0 heterocycles. The zero-order valence-electron chi connectivity index (χ0n) is 21.7. The third-order valence-electron chi connectivity index (χ3n) is 6.94. The van der Waals surface area contributed by atoms with Gasteiger partial charge in [-0.1, -0.05) is 20.3 Å². The van der Waals surface area contributed by atoms with E-state index in [1.54, 1.807) is 19.9 Å². The fourth-order valence-corrected chi connectivity index (χ4v) is 5.05. The van der Waals surface area contributed by atoms with Crippen LogP contribution in [0, 0.1) is 10.8 Å². The number of carbonyl (C=O) groups excluding carboxylic acids is 3. The van der Waals surface area contributed by atoms with Gasteiger partial charge in [0.05, 0.1) is 23.7 Å². The van der Waals surface area contributed by atoms with Crippen LogP contribution in [0.3, 0.4) is 0 Å². The maximum Gasteiger partial charge on any atom is 0.433 e. The van der Waals surface area contributed by atoms with Gasteiger partial charge in [0.15, 0.2) is 5.78 Å². The molecule has 1 amide bonds. The fraction of sp³-hybridized carbons (Fsp3) is 0.538. The van der Waals surface area contributed by atoms with Crippen molar-refractivity contribution in [3.05, 3.63) is 35.0 Å². The first-order valence-electron chi connectivity index (χ1n) is 12.4. The lowest BCUT2D eigenvalue weighted by atomic mass is 9.74. The van der Waals surface area contributed by atoms with Gasteiger partial charge in [-0.25, -0.2) is 0 Å². The minimum atomic E-state index is -4.99. The summed E-state index contributed by atoms with van der Waals surface area (Å²) >= 11 is 0. The predicted molar refractivity (Wildman–Crippen MR) is 137 cm³/mol. The highest BCUT2D eigenvalue weighted by molar-refractivity contribution is 6.24. The Morgan fingerprint density at radius 2 is 1.87 bits per heavy atom. The Morgan fingerprint density at radius 1 is 1.21 bits per heavy atom. The quantitative estimate of drug-likeness (QED) is 0.292. The number of primary amides is 1. The second-order valence-electron chi connectivity index (χ2n) is 10.6. The third kappa shape index (κ3) is 6.53. The molecule has 2 atom stereocenters. The van der Waals surface area contributed by atoms with E-state index < -0.39 is 46.6 Å². The van der Waals surface area contributed by atoms with Gasteiger partial charge in [-0.05, 0) is 49.3 Å². The number of ether oxygens (including phenoxy) is 1. The van der Waals surface area contributed by atoms with Gasteiger partial charge in [0, 0.05) is 30.5 Å². The monoisotopic (exact) mass is 537 g/mol. The van der Waals surface area contributed by atoms with Gasteiger partial charge >= 0.3 is 12.1 Å². The molecule has 3 rings (SSSR count). The molecule has 0 spiro atoms. The summed E-state index contributed by atoms with van der Waals surface area (Å²) in [6.45, 7) is 3.29. The second kappa shape index (κ2) is 11.1. The number of alkyl halides is 3. The lowest BCUT2D eigenvalue weighted by Gasteiger charge is -2.37. The highest BCUT2D eigenvalue weighted by Crippen LogP contribution is 2.42. The lowest BCUT2D eigenvalue weighted by molar-refractivity contribution is -0.149. The SMILES string of the molecule is CN(C1=C(C(=N)C(F)(F)F)C(=O)CC(C)(C)C1)c1ccc(C(N)=O)c(N[C@H]2CCCC[C@@H]2OC(=O)CN)c1. The molecule has 1 aromatic rings. The van der Waals surface area contributed by atoms with Gasteiger partial charge in [-0.3, -0.25) is 19.8 Å². The van der Waals surface area contributed by atoms with Crippen molar-refractivity contribution >= 4 is 34.7 Å². The van der Waals surface area contributed by atoms with Gasteiger partial charge in [-0.2, -0.15) is 13.2 Å². The molecule has 0 saturated heterocycles. The Hall–Kier alpha value is -3.41. The molecule has 1 aromatic carbocycles. The van der Waals surface area contributed by atoms with Crippen LogP contribution >= 0.6 is 0 Å². The van der Waals surface area contributed by atoms with E-state index in [1.165, 1.54) is 24.1 Å². The number of nitrogens with two attached hydrogens (primary N) is 2. The van der Waals surface area contributed by atoms with Crippen molar-refractivity contribution in [2.75, 3.05) is 23.8 Å². The number of allylic oxidation sites excluding steroid dienone is 2. The average molecular weight is 538 g/mol. The average Bonchev–Trinajstić information content (AvgIpc) is 2.82. The molecule has 12 heteroatoms. The highest BCUT2D eigenvalue weighted by Gasteiger charge is 2.45. The van der Waals surface area contributed by atoms with E-state index in [1.807, 2.05) is 0 Å². The van der Waals surface area contributed by atoms with Crippen LogP contribution in [0.1, 0.15) is 62.7 Å². The topological polar surface area (TPSA) is 152 Å². The normalized spacial score (nSPS) is 21.6. The molecule has 0 radical (unpaired) electrons. The Bertz CT molecular complexity index is 1160. The first-order chi connectivity index (χ1) is 17.6. The van der Waals surface area contributed by atoms with Crippen LogP contribution in [-0.4, -0.2) is 55.3 Å². The van der Waals surface area contributed by atoms with Crippen LogP contribution in [0.2, 0.25) is 0 Å². The number of Topliss-reactive ketones (excluding diaryl/α,β-unsaturated/α-hetero) is 1. The molecule has 38 heavy (non-hydrogen) atoms. The van der Waals surface area contributed by atoms with Gasteiger partial charge in [-0.15, -0.1) is 0 Å². The Kier molecular flexibility index (Phi) is 8.55. The molecule has 0 aliphatic heterocycles. The highest BCUT2D eigenvalue weighted by atomic mass is 19.4. The van der Waals surface area contributed by atoms with E-state index in [9.17, 15) is 27.6 Å². The fourth-order valence-electron chi connectivity index (χ4n) is 5.05. The molecule has 1 fully saturated rings. The number of nitrogens with zero attached hydrogens (tertiary/aromatic N) is 1. The molecule has 2 aliphatic rings. The number of anilines is 2. The Labute approximate surface area is 219 Å². The van der Waals surface area contributed by atoms with Crippen LogP contribution in [0.5, 0.6) is 0 Å². The van der Waals surface area contributed by atoms with Crippen molar-refractivity contribution in [2.24, 2.45) is 16.9 Å². The van der Waals surface area contributed by atoms with E-state index in [2.05, 4.69) is 5.32 Å². The van der Waals surface area contributed by atoms with Crippen LogP contribution in [0.25, 0.3) is 0 Å². The molecule has 0 aromatic heterocycles. The molecule has 2 aliphatic carbocycles. The number of amides is 1. The van der Waals surface area contributed by atoms with Crippen molar-refractivity contribution in [3.63, 3.8) is 0 Å². The minimum absolute atomic E-state index is 0.0683. The number of hydrogen-bond donors (Lipinski definition) is 4. The summed E-state index contributed by atoms with van der Waals surface area (Å²) in [6.07, 6.45) is -2.52. The summed E-state index contributed by atoms with van der Waals surface area (Å²) in [5.41, 5.74) is 8.93. The maximum atomic E-state index is 13.5. The van der Waals surface area contributed by atoms with Crippen LogP contribution in [0.15, 0.2) is 29.5 Å². The van der Waals surface area contributed by atoms with Crippen LogP contribution in [-0.2, 0) is 14.3 Å². The summed E-state index contributed by atoms with van der Waals surface area (Å²) in [5.74, 6) is -2.02. The number of nitrogens with one attached hydrogen (secondary N) is 2. The van der Waals surface area contributed by atoms with Gasteiger partial charge in [0.2, 0.25) is 0 Å². The van der Waals surface area contributed by atoms with E-state index in [0.717, 1.165) is 12.8 Å². The number of esters is 1. The van der Waals surface area contributed by atoms with Crippen molar-refractivity contribution in [2.45, 2.75) is 70.7 Å². The number of ketones is 1.